The molecule has 0 aliphatic rings. The van der Waals surface area contributed by atoms with Crippen LogP contribution in [0.5, 0.6) is 0 Å². The second-order valence-electron chi connectivity index (χ2n) is 3.67. The highest BCUT2D eigenvalue weighted by molar-refractivity contribution is 7.11. The molecule has 0 fully saturated rings. The molecule has 0 aliphatic heterocycles. The molecule has 0 aliphatic carbocycles. The highest BCUT2D eigenvalue weighted by atomic mass is 32.1. The van der Waals surface area contributed by atoms with Crippen LogP contribution < -0.4 is 11.1 Å². The van der Waals surface area contributed by atoms with Gasteiger partial charge in [-0.15, -0.1) is 11.3 Å². The largest absolute Gasteiger partial charge is 0.370 e. The minimum atomic E-state index is 0.388. The summed E-state index contributed by atoms with van der Waals surface area (Å²) in [7, 11) is 0. The van der Waals surface area contributed by atoms with Crippen LogP contribution in [0.15, 0.2) is 17.1 Å². The van der Waals surface area contributed by atoms with Crippen LogP contribution in [0, 0.1) is 6.92 Å². The van der Waals surface area contributed by atoms with Crippen molar-refractivity contribution in [3.8, 4) is 0 Å². The number of guanidine groups is 1. The quantitative estimate of drug-likeness (QED) is 0.610. The lowest BCUT2D eigenvalue weighted by molar-refractivity contribution is 0.636. The number of nitrogens with zero attached hydrogens (tertiary/aromatic N) is 1. The summed E-state index contributed by atoms with van der Waals surface area (Å²) in [6.45, 7) is 6.98. The molecule has 84 valence electrons. The van der Waals surface area contributed by atoms with E-state index in [2.05, 4.69) is 43.2 Å². The maximum Gasteiger partial charge on any atom is 0.189 e. The molecule has 0 saturated heterocycles. The molecule has 15 heavy (non-hydrogen) atoms. The van der Waals surface area contributed by atoms with E-state index in [1.807, 2.05) is 0 Å². The molecule has 1 rings (SSSR count). The van der Waals surface area contributed by atoms with E-state index in [4.69, 9.17) is 5.73 Å². The molecule has 0 bridgehead atoms. The molecule has 3 N–H and O–H groups in total. The zero-order valence-electron chi connectivity index (χ0n) is 9.58. The summed E-state index contributed by atoms with van der Waals surface area (Å²) >= 11 is 1.76. The first-order valence-electron chi connectivity index (χ1n) is 5.23. The molecule has 0 amide bonds. The van der Waals surface area contributed by atoms with Crippen LogP contribution >= 0.6 is 11.3 Å². The van der Waals surface area contributed by atoms with E-state index in [0.717, 1.165) is 6.42 Å². The van der Waals surface area contributed by atoms with Crippen LogP contribution in [0.4, 0.5) is 0 Å². The van der Waals surface area contributed by atoms with Crippen molar-refractivity contribution in [2.75, 3.05) is 0 Å². The fourth-order valence-corrected chi connectivity index (χ4v) is 1.95. The smallest absolute Gasteiger partial charge is 0.189 e. The first-order chi connectivity index (χ1) is 7.11. The van der Waals surface area contributed by atoms with Gasteiger partial charge in [0, 0.05) is 15.8 Å². The normalized spacial score (nSPS) is 13.9. The molecule has 1 atom stereocenters. The van der Waals surface area contributed by atoms with Gasteiger partial charge in [-0.1, -0.05) is 6.92 Å². The van der Waals surface area contributed by atoms with Gasteiger partial charge in [0.25, 0.3) is 0 Å². The number of rotatable bonds is 4. The third-order valence-electron chi connectivity index (χ3n) is 2.21. The van der Waals surface area contributed by atoms with E-state index in [9.17, 15) is 0 Å². The van der Waals surface area contributed by atoms with E-state index in [1.54, 1.807) is 11.3 Å². The lowest BCUT2D eigenvalue weighted by Crippen LogP contribution is -2.37. The van der Waals surface area contributed by atoms with Gasteiger partial charge >= 0.3 is 0 Å². The van der Waals surface area contributed by atoms with E-state index < -0.39 is 0 Å². The molecule has 4 heteroatoms. The van der Waals surface area contributed by atoms with Crippen molar-refractivity contribution in [3.05, 3.63) is 21.9 Å². The van der Waals surface area contributed by atoms with Gasteiger partial charge in [-0.25, -0.2) is 4.99 Å². The van der Waals surface area contributed by atoms with E-state index in [1.165, 1.54) is 9.75 Å². The van der Waals surface area contributed by atoms with Gasteiger partial charge in [0.2, 0.25) is 0 Å². The zero-order valence-corrected chi connectivity index (χ0v) is 10.4. The number of hydrogen-bond acceptors (Lipinski definition) is 2. The van der Waals surface area contributed by atoms with Crippen molar-refractivity contribution in [1.29, 1.82) is 0 Å². The summed E-state index contributed by atoms with van der Waals surface area (Å²) in [6.07, 6.45) is 1.05. The highest BCUT2D eigenvalue weighted by Crippen LogP contribution is 2.15. The highest BCUT2D eigenvalue weighted by Gasteiger charge is 1.99. The number of thiophene rings is 1. The Morgan fingerprint density at radius 2 is 2.33 bits per heavy atom. The second-order valence-corrected chi connectivity index (χ2v) is 5.04. The van der Waals surface area contributed by atoms with Crippen molar-refractivity contribution < 1.29 is 0 Å². The number of aryl methyl sites for hydroxylation is 1. The Morgan fingerprint density at radius 3 is 2.87 bits per heavy atom. The Balaban J connectivity index is 2.43. The van der Waals surface area contributed by atoms with Gasteiger partial charge in [-0.3, -0.25) is 0 Å². The molecule has 0 saturated carbocycles. The predicted octanol–water partition coefficient (Wildman–Crippen LogP) is 2.26. The maximum absolute atomic E-state index is 5.75. The minimum Gasteiger partial charge on any atom is -0.370 e. The molecular weight excluding hydrogens is 206 g/mol. The van der Waals surface area contributed by atoms with Gasteiger partial charge < -0.3 is 11.1 Å². The van der Waals surface area contributed by atoms with Gasteiger partial charge in [0.1, 0.15) is 0 Å². The molecule has 1 unspecified atom stereocenters. The van der Waals surface area contributed by atoms with Crippen LogP contribution in [0.25, 0.3) is 0 Å². The van der Waals surface area contributed by atoms with Gasteiger partial charge in [0.05, 0.1) is 6.54 Å². The van der Waals surface area contributed by atoms with E-state index in [-0.39, 0.29) is 0 Å². The molecular formula is C11H19N3S. The number of nitrogens with one attached hydrogen (secondary N) is 1. The zero-order chi connectivity index (χ0) is 11.3. The lowest BCUT2D eigenvalue weighted by Gasteiger charge is -2.11. The Hall–Kier alpha value is -1.03. The lowest BCUT2D eigenvalue weighted by atomic mass is 10.3. The second kappa shape index (κ2) is 5.75. The number of hydrogen-bond donors (Lipinski definition) is 2. The number of nitrogens with two attached hydrogens (primary N) is 1. The SMILES string of the molecule is CCC(C)NC(N)=NCc1ccc(C)s1. The topological polar surface area (TPSA) is 50.4 Å². The van der Waals surface area contributed by atoms with Gasteiger partial charge in [-0.2, -0.15) is 0 Å². The summed E-state index contributed by atoms with van der Waals surface area (Å²) in [6, 6.07) is 4.59. The monoisotopic (exact) mass is 225 g/mol. The Kier molecular flexibility index (Phi) is 4.62. The standard InChI is InChI=1S/C11H19N3S/c1-4-8(2)14-11(12)13-7-10-6-5-9(3)15-10/h5-6,8H,4,7H2,1-3H3,(H3,12,13,14). The molecule has 1 heterocycles. The van der Waals surface area contributed by atoms with Crippen LogP contribution in [0.2, 0.25) is 0 Å². The predicted molar refractivity (Wildman–Crippen MR) is 67.3 cm³/mol. The Bertz CT molecular complexity index is 330. The summed E-state index contributed by atoms with van der Waals surface area (Å²) in [5.41, 5.74) is 5.75. The van der Waals surface area contributed by atoms with Crippen molar-refractivity contribution in [1.82, 2.24) is 5.32 Å². The average Bonchev–Trinajstić information content (AvgIpc) is 2.61. The third-order valence-corrected chi connectivity index (χ3v) is 3.19. The molecule has 0 spiro atoms. The van der Waals surface area contributed by atoms with Crippen molar-refractivity contribution >= 4 is 17.3 Å². The Labute approximate surface area is 95.4 Å². The van der Waals surface area contributed by atoms with Crippen LogP contribution in [-0.2, 0) is 6.54 Å². The molecule has 1 aromatic rings. The first-order valence-corrected chi connectivity index (χ1v) is 6.05. The van der Waals surface area contributed by atoms with Crippen LogP contribution in [-0.4, -0.2) is 12.0 Å². The molecule has 0 aromatic carbocycles. The minimum absolute atomic E-state index is 0.388. The molecule has 3 nitrogen and oxygen atoms in total. The molecule has 0 radical (unpaired) electrons. The van der Waals surface area contributed by atoms with Gasteiger partial charge in [0.15, 0.2) is 5.96 Å². The number of aliphatic imine (C=N–C) groups is 1. The fourth-order valence-electron chi connectivity index (χ4n) is 1.13. The van der Waals surface area contributed by atoms with E-state index in [0.29, 0.717) is 18.5 Å². The maximum atomic E-state index is 5.75. The summed E-state index contributed by atoms with van der Waals surface area (Å²) in [5.74, 6) is 0.537. The fraction of sp³-hybridized carbons (Fsp3) is 0.545. The first kappa shape index (κ1) is 12.0. The van der Waals surface area contributed by atoms with Crippen molar-refractivity contribution in [3.63, 3.8) is 0 Å². The third kappa shape index (κ3) is 4.34. The van der Waals surface area contributed by atoms with Crippen molar-refractivity contribution in [2.24, 2.45) is 10.7 Å². The average molecular weight is 225 g/mol. The molecule has 1 aromatic heterocycles. The van der Waals surface area contributed by atoms with Crippen LogP contribution in [0.1, 0.15) is 30.0 Å². The van der Waals surface area contributed by atoms with Crippen molar-refractivity contribution in [2.45, 2.75) is 39.8 Å². The van der Waals surface area contributed by atoms with Gasteiger partial charge in [-0.05, 0) is 32.4 Å². The summed E-state index contributed by atoms with van der Waals surface area (Å²) in [5, 5.41) is 3.14. The summed E-state index contributed by atoms with van der Waals surface area (Å²) in [4.78, 5) is 6.85. The van der Waals surface area contributed by atoms with Crippen LogP contribution in [0.3, 0.4) is 0 Å². The van der Waals surface area contributed by atoms with E-state index >= 15 is 0 Å². The summed E-state index contributed by atoms with van der Waals surface area (Å²) < 4.78 is 0. The Morgan fingerprint density at radius 1 is 1.60 bits per heavy atom.